The van der Waals surface area contributed by atoms with Gasteiger partial charge in [0.05, 0.1) is 17.6 Å². The van der Waals surface area contributed by atoms with E-state index in [1.54, 1.807) is 6.92 Å². The van der Waals surface area contributed by atoms with Gasteiger partial charge in [-0.1, -0.05) is 6.07 Å². The molecule has 2 aromatic heterocycles. The Morgan fingerprint density at radius 3 is 2.83 bits per heavy atom. The van der Waals surface area contributed by atoms with E-state index in [2.05, 4.69) is 10.2 Å². The number of aromatic nitrogens is 2. The molecule has 1 atom stereocenters. The molecule has 8 heteroatoms. The zero-order valence-electron chi connectivity index (χ0n) is 12.9. The van der Waals surface area contributed by atoms with Crippen molar-refractivity contribution in [3.63, 3.8) is 0 Å². The summed E-state index contributed by atoms with van der Waals surface area (Å²) in [5.74, 6) is -0.756. The van der Waals surface area contributed by atoms with Crippen molar-refractivity contribution in [2.75, 3.05) is 7.11 Å². The Morgan fingerprint density at radius 2 is 2.17 bits per heavy atom. The van der Waals surface area contributed by atoms with Crippen LogP contribution in [-0.4, -0.2) is 23.3 Å². The molecule has 0 aliphatic carbocycles. The number of nitrogens with zero attached hydrogens (tertiary/aromatic N) is 2. The molecule has 0 aliphatic rings. The van der Waals surface area contributed by atoms with Crippen molar-refractivity contribution < 1.29 is 23.1 Å². The fourth-order valence-electron chi connectivity index (χ4n) is 1.97. The number of carbonyl (C=O) groups is 1. The van der Waals surface area contributed by atoms with Crippen molar-refractivity contribution in [3.8, 4) is 16.5 Å². The maximum Gasteiger partial charge on any atom is 0.339 e. The molecule has 24 heavy (non-hydrogen) atoms. The highest BCUT2D eigenvalue weighted by molar-refractivity contribution is 7.13. The summed E-state index contributed by atoms with van der Waals surface area (Å²) < 4.78 is 29.2. The third kappa shape index (κ3) is 3.28. The van der Waals surface area contributed by atoms with Crippen molar-refractivity contribution in [2.45, 2.75) is 13.0 Å². The summed E-state index contributed by atoms with van der Waals surface area (Å²) >= 11 is 1.46. The molecule has 0 unspecified atom stereocenters. The highest BCUT2D eigenvalue weighted by Gasteiger charge is 2.21. The van der Waals surface area contributed by atoms with E-state index in [1.807, 2.05) is 17.5 Å². The van der Waals surface area contributed by atoms with E-state index >= 15 is 0 Å². The molecule has 1 aromatic carbocycles. The van der Waals surface area contributed by atoms with Crippen molar-refractivity contribution in [1.82, 2.24) is 10.2 Å². The lowest BCUT2D eigenvalue weighted by molar-refractivity contribution is 0.0279. The first-order valence-corrected chi connectivity index (χ1v) is 7.88. The van der Waals surface area contributed by atoms with Gasteiger partial charge in [-0.05, 0) is 36.6 Å². The molecule has 0 N–H and O–H groups in total. The van der Waals surface area contributed by atoms with E-state index in [0.717, 1.165) is 10.9 Å². The van der Waals surface area contributed by atoms with Crippen molar-refractivity contribution in [3.05, 3.63) is 53.0 Å². The van der Waals surface area contributed by atoms with Gasteiger partial charge in [-0.25, -0.2) is 9.18 Å². The minimum Gasteiger partial charge on any atom is -0.494 e. The summed E-state index contributed by atoms with van der Waals surface area (Å²) in [7, 11) is 1.35. The lowest BCUT2D eigenvalue weighted by Crippen LogP contribution is -2.10. The Kier molecular flexibility index (Phi) is 4.57. The summed E-state index contributed by atoms with van der Waals surface area (Å²) in [6.07, 6.45) is -0.760. The van der Waals surface area contributed by atoms with Crippen molar-refractivity contribution in [2.24, 2.45) is 0 Å². The topological polar surface area (TPSA) is 74.5 Å². The molecule has 0 bridgehead atoms. The first-order chi connectivity index (χ1) is 11.6. The van der Waals surface area contributed by atoms with Crippen molar-refractivity contribution >= 4 is 17.3 Å². The standard InChI is InChI=1S/C16H13FN2O4S/c1-9(14-18-19-15(23-14)13-4-3-7-24-13)22-16(20)10-5-6-12(21-2)11(17)8-10/h3-9H,1-2H3/t9-/m0/s1. The third-order valence-corrected chi connectivity index (χ3v) is 4.05. The molecule has 2 heterocycles. The molecule has 0 radical (unpaired) electrons. The van der Waals surface area contributed by atoms with E-state index in [0.29, 0.717) is 5.89 Å². The van der Waals surface area contributed by atoms with Gasteiger partial charge in [0.25, 0.3) is 11.8 Å². The number of hydrogen-bond acceptors (Lipinski definition) is 7. The van der Waals surface area contributed by atoms with E-state index in [1.165, 1.54) is 30.6 Å². The number of methoxy groups -OCH3 is 1. The van der Waals surface area contributed by atoms with Gasteiger partial charge < -0.3 is 13.9 Å². The minimum atomic E-state index is -0.760. The fourth-order valence-corrected chi connectivity index (χ4v) is 2.62. The molecule has 124 valence electrons. The lowest BCUT2D eigenvalue weighted by Gasteiger charge is -2.10. The number of rotatable bonds is 5. The van der Waals surface area contributed by atoms with Crippen LogP contribution in [0.15, 0.2) is 40.1 Å². The van der Waals surface area contributed by atoms with Gasteiger partial charge >= 0.3 is 5.97 Å². The molecule has 0 saturated heterocycles. The van der Waals surface area contributed by atoms with Gasteiger partial charge in [0, 0.05) is 0 Å². The second-order valence-corrected chi connectivity index (χ2v) is 5.77. The maximum absolute atomic E-state index is 13.7. The Hall–Kier alpha value is -2.74. The molecule has 3 rings (SSSR count). The third-order valence-electron chi connectivity index (χ3n) is 3.19. The largest absolute Gasteiger partial charge is 0.494 e. The van der Waals surface area contributed by atoms with E-state index in [-0.39, 0.29) is 17.2 Å². The number of carbonyl (C=O) groups excluding carboxylic acids is 1. The molecule has 6 nitrogen and oxygen atoms in total. The van der Waals surface area contributed by atoms with E-state index < -0.39 is 17.9 Å². The number of esters is 1. The maximum atomic E-state index is 13.7. The predicted octanol–water partition coefficient (Wildman–Crippen LogP) is 3.86. The van der Waals surface area contributed by atoms with Crippen LogP contribution in [-0.2, 0) is 4.74 Å². The zero-order valence-corrected chi connectivity index (χ0v) is 13.7. The van der Waals surface area contributed by atoms with Gasteiger partial charge in [-0.15, -0.1) is 21.5 Å². The van der Waals surface area contributed by atoms with Gasteiger partial charge in [0.15, 0.2) is 17.7 Å². The number of hydrogen-bond donors (Lipinski definition) is 0. The Balaban J connectivity index is 1.71. The molecule has 0 aliphatic heterocycles. The van der Waals surface area contributed by atoms with Crippen LogP contribution >= 0.6 is 11.3 Å². The first-order valence-electron chi connectivity index (χ1n) is 7.00. The van der Waals surface area contributed by atoms with Crippen LogP contribution in [0.3, 0.4) is 0 Å². The molecule has 0 saturated carbocycles. The van der Waals surface area contributed by atoms with Crippen LogP contribution in [0.5, 0.6) is 5.75 Å². The van der Waals surface area contributed by atoms with Gasteiger partial charge in [0.2, 0.25) is 0 Å². The van der Waals surface area contributed by atoms with Gasteiger partial charge in [-0.3, -0.25) is 0 Å². The number of benzene rings is 1. The predicted molar refractivity (Wildman–Crippen MR) is 84.4 cm³/mol. The number of thiophene rings is 1. The highest BCUT2D eigenvalue weighted by atomic mass is 32.1. The Morgan fingerprint density at radius 1 is 1.33 bits per heavy atom. The number of halogens is 1. The van der Waals surface area contributed by atoms with Crippen LogP contribution in [0.4, 0.5) is 4.39 Å². The summed E-state index contributed by atoms with van der Waals surface area (Å²) in [6, 6.07) is 7.54. The Labute approximate surface area is 140 Å². The molecule has 0 spiro atoms. The molecule has 3 aromatic rings. The van der Waals surface area contributed by atoms with Crippen LogP contribution in [0.1, 0.15) is 29.3 Å². The summed E-state index contributed by atoms with van der Waals surface area (Å²) in [5, 5.41) is 9.69. The zero-order chi connectivity index (χ0) is 17.1. The average Bonchev–Trinajstić information content (AvgIpc) is 3.25. The molecule has 0 fully saturated rings. The molecular weight excluding hydrogens is 335 g/mol. The normalized spacial score (nSPS) is 12.0. The molecular formula is C16H13FN2O4S. The van der Waals surface area contributed by atoms with E-state index in [4.69, 9.17) is 13.9 Å². The van der Waals surface area contributed by atoms with Crippen LogP contribution in [0, 0.1) is 5.82 Å². The second-order valence-electron chi connectivity index (χ2n) is 4.82. The quantitative estimate of drug-likeness (QED) is 0.652. The average molecular weight is 348 g/mol. The van der Waals surface area contributed by atoms with Crippen LogP contribution in [0.2, 0.25) is 0 Å². The summed E-state index contributed by atoms with van der Waals surface area (Å²) in [6.45, 7) is 1.60. The van der Waals surface area contributed by atoms with E-state index in [9.17, 15) is 9.18 Å². The highest BCUT2D eigenvalue weighted by Crippen LogP contribution is 2.26. The monoisotopic (exact) mass is 348 g/mol. The summed E-state index contributed by atoms with van der Waals surface area (Å²) in [4.78, 5) is 12.9. The lowest BCUT2D eigenvalue weighted by atomic mass is 10.2. The second kappa shape index (κ2) is 6.79. The fraction of sp³-hybridized carbons (Fsp3) is 0.188. The van der Waals surface area contributed by atoms with Gasteiger partial charge in [-0.2, -0.15) is 0 Å². The SMILES string of the molecule is COc1ccc(C(=O)O[C@@H](C)c2nnc(-c3cccs3)o2)cc1F. The minimum absolute atomic E-state index is 0.0529. The van der Waals surface area contributed by atoms with Gasteiger partial charge in [0.1, 0.15) is 0 Å². The summed E-state index contributed by atoms with van der Waals surface area (Å²) in [5.41, 5.74) is 0.0677. The van der Waals surface area contributed by atoms with Crippen LogP contribution in [0.25, 0.3) is 10.8 Å². The van der Waals surface area contributed by atoms with Crippen molar-refractivity contribution in [1.29, 1.82) is 0 Å². The number of ether oxygens (including phenoxy) is 2. The smallest absolute Gasteiger partial charge is 0.339 e. The molecule has 0 amide bonds. The first kappa shape index (κ1) is 16.1. The van der Waals surface area contributed by atoms with Crippen LogP contribution < -0.4 is 4.74 Å². The Bertz CT molecular complexity index is 848.